The summed E-state index contributed by atoms with van der Waals surface area (Å²) in [4.78, 5) is 24.7. The Morgan fingerprint density at radius 2 is 1.67 bits per heavy atom. The fraction of sp³-hybridized carbons (Fsp3) is 0.105. The standard InChI is InChI=1S/C19H16NO4/c21-13-24-19(23)18-16-9-5-4-6-14(16)10-11-20(18)12-17(22)15-7-2-1-3-8-15/h1-11,21H,12-13H2/q+1. The van der Waals surface area contributed by atoms with E-state index < -0.39 is 12.8 Å². The van der Waals surface area contributed by atoms with Crippen molar-refractivity contribution in [2.75, 3.05) is 6.79 Å². The molecule has 120 valence electrons. The summed E-state index contributed by atoms with van der Waals surface area (Å²) in [6.45, 7) is -0.709. The Hall–Kier alpha value is -3.05. The average Bonchev–Trinajstić information content (AvgIpc) is 2.62. The monoisotopic (exact) mass is 322 g/mol. The van der Waals surface area contributed by atoms with Crippen LogP contribution < -0.4 is 4.57 Å². The summed E-state index contributed by atoms with van der Waals surface area (Å²) < 4.78 is 6.30. The second kappa shape index (κ2) is 7.02. The van der Waals surface area contributed by atoms with Crippen molar-refractivity contribution in [1.29, 1.82) is 0 Å². The van der Waals surface area contributed by atoms with E-state index in [1.807, 2.05) is 24.3 Å². The molecule has 0 fully saturated rings. The second-order valence-corrected chi connectivity index (χ2v) is 5.23. The molecule has 5 nitrogen and oxygen atoms in total. The van der Waals surface area contributed by atoms with Crippen LogP contribution in [0.1, 0.15) is 20.8 Å². The van der Waals surface area contributed by atoms with Crippen LogP contribution in [-0.4, -0.2) is 23.7 Å². The molecule has 0 atom stereocenters. The summed E-state index contributed by atoms with van der Waals surface area (Å²) in [5.41, 5.74) is 0.811. The Bertz CT molecular complexity index is 890. The highest BCUT2D eigenvalue weighted by Gasteiger charge is 2.26. The molecule has 3 aromatic rings. The zero-order valence-electron chi connectivity index (χ0n) is 12.9. The van der Waals surface area contributed by atoms with Crippen molar-refractivity contribution in [1.82, 2.24) is 0 Å². The average molecular weight is 322 g/mol. The van der Waals surface area contributed by atoms with E-state index in [0.717, 1.165) is 5.39 Å². The fourth-order valence-corrected chi connectivity index (χ4v) is 2.61. The molecule has 0 saturated heterocycles. The number of rotatable bonds is 5. The number of carbonyl (C=O) groups is 2. The third kappa shape index (κ3) is 3.16. The maximum atomic E-state index is 12.5. The minimum absolute atomic E-state index is 0.00467. The predicted molar refractivity (Wildman–Crippen MR) is 87.4 cm³/mol. The van der Waals surface area contributed by atoms with Crippen LogP contribution in [0.15, 0.2) is 66.9 Å². The molecule has 3 rings (SSSR count). The van der Waals surface area contributed by atoms with Gasteiger partial charge in [0, 0.05) is 11.6 Å². The van der Waals surface area contributed by atoms with Crippen molar-refractivity contribution in [2.45, 2.75) is 6.54 Å². The van der Waals surface area contributed by atoms with E-state index in [2.05, 4.69) is 0 Å². The molecule has 0 aliphatic carbocycles. The lowest BCUT2D eigenvalue weighted by Crippen LogP contribution is -2.44. The Kier molecular flexibility index (Phi) is 4.63. The second-order valence-electron chi connectivity index (χ2n) is 5.23. The number of fused-ring (bicyclic) bond motifs is 1. The molecular formula is C19H16NO4+. The molecule has 0 aliphatic heterocycles. The van der Waals surface area contributed by atoms with Crippen LogP contribution in [0, 0.1) is 0 Å². The van der Waals surface area contributed by atoms with Gasteiger partial charge >= 0.3 is 5.97 Å². The number of esters is 1. The van der Waals surface area contributed by atoms with E-state index in [-0.39, 0.29) is 18.0 Å². The van der Waals surface area contributed by atoms with E-state index in [1.54, 1.807) is 47.2 Å². The number of Topliss-reactive ketones (excluding diaryl/α,β-unsaturated/α-hetero) is 1. The summed E-state index contributed by atoms with van der Waals surface area (Å²) in [5, 5.41) is 10.4. The van der Waals surface area contributed by atoms with Gasteiger partial charge in [-0.15, -0.1) is 0 Å². The molecule has 1 heterocycles. The number of aliphatic hydroxyl groups is 1. The summed E-state index contributed by atoms with van der Waals surface area (Å²) in [7, 11) is 0. The van der Waals surface area contributed by atoms with Crippen LogP contribution in [-0.2, 0) is 11.3 Å². The highest BCUT2D eigenvalue weighted by Crippen LogP contribution is 2.16. The van der Waals surface area contributed by atoms with Gasteiger partial charge < -0.3 is 9.84 Å². The van der Waals surface area contributed by atoms with E-state index in [0.29, 0.717) is 10.9 Å². The molecule has 5 heteroatoms. The molecule has 0 aliphatic rings. The molecule has 24 heavy (non-hydrogen) atoms. The summed E-state index contributed by atoms with van der Waals surface area (Å²) in [6.07, 6.45) is 1.68. The van der Waals surface area contributed by atoms with Crippen LogP contribution >= 0.6 is 0 Å². The molecule has 0 amide bonds. The van der Waals surface area contributed by atoms with E-state index >= 15 is 0 Å². The molecule has 0 bridgehead atoms. The molecule has 0 saturated carbocycles. The smallest absolute Gasteiger partial charge is 0.406 e. The van der Waals surface area contributed by atoms with Gasteiger partial charge in [0.2, 0.25) is 12.3 Å². The van der Waals surface area contributed by atoms with E-state index in [1.165, 1.54) is 0 Å². The molecule has 0 unspecified atom stereocenters. The Morgan fingerprint density at radius 3 is 2.42 bits per heavy atom. The molecule has 2 aromatic carbocycles. The highest BCUT2D eigenvalue weighted by molar-refractivity contribution is 6.01. The van der Waals surface area contributed by atoms with Crippen molar-refractivity contribution in [3.05, 3.63) is 78.1 Å². The van der Waals surface area contributed by atoms with Gasteiger partial charge in [0.25, 0.3) is 5.69 Å². The lowest BCUT2D eigenvalue weighted by atomic mass is 10.1. The first-order chi connectivity index (χ1) is 11.7. The number of hydrogen-bond acceptors (Lipinski definition) is 4. The van der Waals surface area contributed by atoms with Gasteiger partial charge in [0.1, 0.15) is 0 Å². The Morgan fingerprint density at radius 1 is 0.958 bits per heavy atom. The Labute approximate surface area is 138 Å². The molecular weight excluding hydrogens is 306 g/mol. The first-order valence-corrected chi connectivity index (χ1v) is 7.48. The topological polar surface area (TPSA) is 67.5 Å². The first-order valence-electron chi connectivity index (χ1n) is 7.48. The Balaban J connectivity index is 2.05. The summed E-state index contributed by atoms with van der Waals surface area (Å²) >= 11 is 0. The molecule has 0 radical (unpaired) electrons. The lowest BCUT2D eigenvalue weighted by molar-refractivity contribution is -0.684. The summed E-state index contributed by atoms with van der Waals surface area (Å²) in [5.74, 6) is -0.788. The van der Waals surface area contributed by atoms with Gasteiger partial charge in [0.05, 0.1) is 5.39 Å². The predicted octanol–water partition coefficient (Wildman–Crippen LogP) is 2.12. The quantitative estimate of drug-likeness (QED) is 0.338. The zero-order chi connectivity index (χ0) is 16.9. The minimum Gasteiger partial charge on any atom is -0.431 e. The van der Waals surface area contributed by atoms with Crippen LogP contribution in [0.4, 0.5) is 0 Å². The van der Waals surface area contributed by atoms with Crippen LogP contribution in [0.5, 0.6) is 0 Å². The molecule has 1 N–H and O–H groups in total. The summed E-state index contributed by atoms with van der Waals surface area (Å²) in [6, 6.07) is 18.0. The van der Waals surface area contributed by atoms with Gasteiger partial charge in [-0.3, -0.25) is 4.79 Å². The van der Waals surface area contributed by atoms with Crippen molar-refractivity contribution in [3.63, 3.8) is 0 Å². The van der Waals surface area contributed by atoms with Gasteiger partial charge in [-0.05, 0) is 11.5 Å². The van der Waals surface area contributed by atoms with Gasteiger partial charge in [-0.1, -0.05) is 48.5 Å². The number of carbonyl (C=O) groups excluding carboxylic acids is 2. The fourth-order valence-electron chi connectivity index (χ4n) is 2.61. The van der Waals surface area contributed by atoms with Gasteiger partial charge in [-0.25, -0.2) is 4.79 Å². The van der Waals surface area contributed by atoms with Crippen LogP contribution in [0.2, 0.25) is 0 Å². The first kappa shape index (κ1) is 15.8. The lowest BCUT2D eigenvalue weighted by Gasteiger charge is -2.06. The third-order valence-electron chi connectivity index (χ3n) is 3.74. The normalized spacial score (nSPS) is 10.5. The van der Waals surface area contributed by atoms with Crippen molar-refractivity contribution >= 4 is 22.5 Å². The number of aromatic nitrogens is 1. The van der Waals surface area contributed by atoms with Crippen molar-refractivity contribution in [3.8, 4) is 0 Å². The number of ketones is 1. The number of benzene rings is 2. The highest BCUT2D eigenvalue weighted by atomic mass is 16.6. The van der Waals surface area contributed by atoms with Crippen LogP contribution in [0.25, 0.3) is 10.8 Å². The number of hydrogen-bond donors (Lipinski definition) is 1. The van der Waals surface area contributed by atoms with Crippen molar-refractivity contribution in [2.24, 2.45) is 0 Å². The number of pyridine rings is 1. The zero-order valence-corrected chi connectivity index (χ0v) is 12.9. The molecule has 0 spiro atoms. The van der Waals surface area contributed by atoms with Crippen molar-refractivity contribution < 1.29 is 24.0 Å². The minimum atomic E-state index is -0.714. The van der Waals surface area contributed by atoms with E-state index in [9.17, 15) is 9.59 Å². The largest absolute Gasteiger partial charge is 0.431 e. The van der Waals surface area contributed by atoms with E-state index in [4.69, 9.17) is 9.84 Å². The third-order valence-corrected chi connectivity index (χ3v) is 3.74. The van der Waals surface area contributed by atoms with Gasteiger partial charge in [0.15, 0.2) is 13.0 Å². The number of nitrogens with zero attached hydrogens (tertiary/aromatic N) is 1. The number of ether oxygens (including phenoxy) is 1. The maximum Gasteiger partial charge on any atom is 0.406 e. The van der Waals surface area contributed by atoms with Crippen LogP contribution in [0.3, 0.4) is 0 Å². The SMILES string of the molecule is O=C(C[n+]1ccc2ccccc2c1C(=O)OCO)c1ccccc1. The molecule has 1 aromatic heterocycles. The number of aliphatic hydroxyl groups excluding tert-OH is 1. The maximum absolute atomic E-state index is 12.5. The van der Waals surface area contributed by atoms with Gasteiger partial charge in [-0.2, -0.15) is 4.57 Å².